The largest absolute Gasteiger partial charge is 0.429 e. The molecule has 0 spiro atoms. The molecule has 1 saturated heterocycles. The Hall–Kier alpha value is -2.57. The van der Waals surface area contributed by atoms with Crippen LogP contribution >= 0.6 is 0 Å². The van der Waals surface area contributed by atoms with E-state index >= 15 is 0 Å². The van der Waals surface area contributed by atoms with Crippen molar-refractivity contribution in [2.24, 2.45) is 7.05 Å². The molecule has 6 heteroatoms. The predicted octanol–water partition coefficient (Wildman–Crippen LogP) is 3.38. The van der Waals surface area contributed by atoms with Gasteiger partial charge in [0.25, 0.3) is 5.95 Å². The Bertz CT molecular complexity index is 812. The summed E-state index contributed by atoms with van der Waals surface area (Å²) in [5.41, 5.74) is 1.11. The van der Waals surface area contributed by atoms with Gasteiger partial charge in [0, 0.05) is 38.0 Å². The summed E-state index contributed by atoms with van der Waals surface area (Å²) in [6, 6.07) is 13.5. The first kappa shape index (κ1) is 15.9. The van der Waals surface area contributed by atoms with E-state index in [0.29, 0.717) is 12.6 Å². The van der Waals surface area contributed by atoms with Gasteiger partial charge in [-0.05, 0) is 18.2 Å². The molecule has 1 aliphatic rings. The summed E-state index contributed by atoms with van der Waals surface area (Å²) in [6.45, 7) is 3.14. The Labute approximate surface area is 146 Å². The van der Waals surface area contributed by atoms with Gasteiger partial charge in [-0.2, -0.15) is 5.10 Å². The molecule has 25 heavy (non-hydrogen) atoms. The number of aromatic nitrogens is 2. The van der Waals surface area contributed by atoms with Crippen molar-refractivity contribution in [3.05, 3.63) is 66.2 Å². The number of para-hydroxylation sites is 1. The van der Waals surface area contributed by atoms with Crippen molar-refractivity contribution < 1.29 is 13.9 Å². The number of nitrogens with zero attached hydrogens (tertiary/aromatic N) is 3. The second kappa shape index (κ2) is 7.13. The lowest BCUT2D eigenvalue weighted by molar-refractivity contribution is -0.0348. The summed E-state index contributed by atoms with van der Waals surface area (Å²) in [5, 5.41) is 4.23. The maximum absolute atomic E-state index is 5.88. The molecule has 0 amide bonds. The highest BCUT2D eigenvalue weighted by molar-refractivity contribution is 5.26. The highest BCUT2D eigenvalue weighted by Crippen LogP contribution is 2.26. The summed E-state index contributed by atoms with van der Waals surface area (Å²) >= 11 is 0. The van der Waals surface area contributed by atoms with Crippen LogP contribution in [0.25, 0.3) is 0 Å². The van der Waals surface area contributed by atoms with Crippen LogP contribution < -0.4 is 4.74 Å². The summed E-state index contributed by atoms with van der Waals surface area (Å²) in [4.78, 5) is 2.33. The molecule has 3 aromatic rings. The zero-order valence-electron chi connectivity index (χ0n) is 14.2. The number of ether oxygens (including phenoxy) is 2. The second-order valence-corrected chi connectivity index (χ2v) is 6.18. The van der Waals surface area contributed by atoms with Gasteiger partial charge in [-0.25, -0.2) is 0 Å². The van der Waals surface area contributed by atoms with Gasteiger partial charge in [-0.15, -0.1) is 0 Å². The highest BCUT2D eigenvalue weighted by Gasteiger charge is 2.23. The van der Waals surface area contributed by atoms with E-state index < -0.39 is 0 Å². The minimum Gasteiger partial charge on any atom is -0.429 e. The van der Waals surface area contributed by atoms with Crippen LogP contribution in [0.15, 0.2) is 59.3 Å². The van der Waals surface area contributed by atoms with Crippen molar-refractivity contribution in [2.75, 3.05) is 19.7 Å². The molecule has 6 nitrogen and oxygen atoms in total. The van der Waals surface area contributed by atoms with Gasteiger partial charge in [0.05, 0.1) is 25.5 Å². The first-order valence-corrected chi connectivity index (χ1v) is 8.40. The molecule has 0 N–H and O–H groups in total. The van der Waals surface area contributed by atoms with Crippen LogP contribution in [-0.2, 0) is 18.3 Å². The minimum atomic E-state index is 0.0532. The molecule has 0 radical (unpaired) electrons. The number of rotatable bonds is 5. The van der Waals surface area contributed by atoms with E-state index in [1.165, 1.54) is 0 Å². The van der Waals surface area contributed by atoms with E-state index in [4.69, 9.17) is 13.9 Å². The summed E-state index contributed by atoms with van der Waals surface area (Å²) in [7, 11) is 1.92. The van der Waals surface area contributed by atoms with Gasteiger partial charge in [-0.3, -0.25) is 9.58 Å². The van der Waals surface area contributed by atoms with Crippen molar-refractivity contribution in [2.45, 2.75) is 12.6 Å². The number of morpholine rings is 1. The van der Waals surface area contributed by atoms with Crippen LogP contribution in [0.4, 0.5) is 0 Å². The van der Waals surface area contributed by atoms with Crippen LogP contribution in [0.1, 0.15) is 17.4 Å². The Balaban J connectivity index is 1.37. The number of hydrogen-bond acceptors (Lipinski definition) is 5. The molecule has 0 saturated carbocycles. The lowest BCUT2D eigenvalue weighted by Gasteiger charge is -2.31. The molecular formula is C19H21N3O3. The lowest BCUT2D eigenvalue weighted by atomic mass is 10.1. The quantitative estimate of drug-likeness (QED) is 0.713. The number of furan rings is 1. The molecule has 2 aromatic heterocycles. The minimum absolute atomic E-state index is 0.0532. The van der Waals surface area contributed by atoms with E-state index in [2.05, 4.69) is 10.00 Å². The molecule has 130 valence electrons. The van der Waals surface area contributed by atoms with Crippen molar-refractivity contribution in [1.82, 2.24) is 14.7 Å². The number of aryl methyl sites for hydroxylation is 1. The van der Waals surface area contributed by atoms with E-state index in [1.54, 1.807) is 4.68 Å². The molecule has 0 unspecified atom stereocenters. The Morgan fingerprint density at radius 1 is 1.20 bits per heavy atom. The van der Waals surface area contributed by atoms with E-state index in [1.807, 2.05) is 61.9 Å². The Kier molecular flexibility index (Phi) is 4.54. The fourth-order valence-electron chi connectivity index (χ4n) is 2.98. The van der Waals surface area contributed by atoms with Gasteiger partial charge in [0.1, 0.15) is 11.5 Å². The third kappa shape index (κ3) is 3.92. The Morgan fingerprint density at radius 2 is 2.08 bits per heavy atom. The smallest absolute Gasteiger partial charge is 0.290 e. The summed E-state index contributed by atoms with van der Waals surface area (Å²) in [5.74, 6) is 2.17. The molecular weight excluding hydrogens is 318 g/mol. The van der Waals surface area contributed by atoms with E-state index in [9.17, 15) is 0 Å². The molecule has 3 heterocycles. The number of benzene rings is 1. The molecule has 4 rings (SSSR count). The molecule has 1 aliphatic heterocycles. The first-order chi connectivity index (χ1) is 12.3. The van der Waals surface area contributed by atoms with Gasteiger partial charge in [0.2, 0.25) is 0 Å². The van der Waals surface area contributed by atoms with Gasteiger partial charge in [-0.1, -0.05) is 18.2 Å². The number of hydrogen-bond donors (Lipinski definition) is 0. The lowest BCUT2D eigenvalue weighted by Crippen LogP contribution is -2.37. The SMILES string of the molecule is Cn1cc([C@@H]2CN(Cc3ccc(Oc4ccccc4)o3)CCO2)cn1. The standard InChI is InChI=1S/C19H21N3O3/c1-21-12-15(11-20-21)18-14-22(9-10-23-18)13-17-7-8-19(25-17)24-16-5-3-2-4-6-16/h2-8,11-12,18H,9-10,13-14H2,1H3/t18-/m0/s1. The fraction of sp³-hybridized carbons (Fsp3) is 0.316. The predicted molar refractivity (Wildman–Crippen MR) is 92.4 cm³/mol. The van der Waals surface area contributed by atoms with Crippen molar-refractivity contribution >= 4 is 0 Å². The monoisotopic (exact) mass is 339 g/mol. The first-order valence-electron chi connectivity index (χ1n) is 8.40. The van der Waals surface area contributed by atoms with Gasteiger partial charge < -0.3 is 13.9 Å². The van der Waals surface area contributed by atoms with Crippen LogP contribution in [0.2, 0.25) is 0 Å². The van der Waals surface area contributed by atoms with Crippen LogP contribution in [-0.4, -0.2) is 34.4 Å². The average molecular weight is 339 g/mol. The van der Waals surface area contributed by atoms with Gasteiger partial charge >= 0.3 is 0 Å². The molecule has 1 atom stereocenters. The average Bonchev–Trinajstić information content (AvgIpc) is 3.25. The highest BCUT2D eigenvalue weighted by atomic mass is 16.6. The second-order valence-electron chi connectivity index (χ2n) is 6.18. The molecule has 1 fully saturated rings. The Morgan fingerprint density at radius 3 is 2.88 bits per heavy atom. The van der Waals surface area contributed by atoms with E-state index in [-0.39, 0.29) is 6.10 Å². The topological polar surface area (TPSA) is 52.7 Å². The van der Waals surface area contributed by atoms with Crippen LogP contribution in [0, 0.1) is 0 Å². The molecule has 1 aromatic carbocycles. The fourth-order valence-corrected chi connectivity index (χ4v) is 2.98. The van der Waals surface area contributed by atoms with Gasteiger partial charge in [0.15, 0.2) is 0 Å². The zero-order chi connectivity index (χ0) is 17.1. The van der Waals surface area contributed by atoms with Crippen LogP contribution in [0.3, 0.4) is 0 Å². The van der Waals surface area contributed by atoms with E-state index in [0.717, 1.165) is 36.7 Å². The third-order valence-electron chi connectivity index (χ3n) is 4.23. The third-order valence-corrected chi connectivity index (χ3v) is 4.23. The summed E-state index contributed by atoms with van der Waals surface area (Å²) < 4.78 is 19.2. The van der Waals surface area contributed by atoms with Crippen molar-refractivity contribution in [3.63, 3.8) is 0 Å². The maximum Gasteiger partial charge on any atom is 0.290 e. The zero-order valence-corrected chi connectivity index (χ0v) is 14.2. The van der Waals surface area contributed by atoms with Crippen molar-refractivity contribution in [3.8, 4) is 11.7 Å². The maximum atomic E-state index is 5.88. The molecule has 0 aliphatic carbocycles. The molecule has 0 bridgehead atoms. The van der Waals surface area contributed by atoms with Crippen molar-refractivity contribution in [1.29, 1.82) is 0 Å². The summed E-state index contributed by atoms with van der Waals surface area (Å²) in [6.07, 6.45) is 3.93. The van der Waals surface area contributed by atoms with Crippen LogP contribution in [0.5, 0.6) is 11.7 Å². The normalized spacial score (nSPS) is 18.4.